The predicted octanol–water partition coefficient (Wildman–Crippen LogP) is 6.22. The Kier molecular flexibility index (Phi) is 15.2. The van der Waals surface area contributed by atoms with Crippen LogP contribution in [-0.4, -0.2) is 79.8 Å². The standard InChI is InChI=1S/C33H56N4O7S/c1-9-11-12-14-17-36(24(21(3)4)19-25(38)29-34-23(20-45-29)31(41)42)30(40)27(22(5)10-2)28(39)35-26-16-13-15-18-37(26)32(43)44-33(6,7)8/h20-22,24-27,38H,9-19H2,1-8H3,(H,35,39)(H,41,42)/t22-,24+,25+,26+,27-/m0/s1. The summed E-state index contributed by atoms with van der Waals surface area (Å²) >= 11 is 1.08. The molecule has 12 heteroatoms. The van der Waals surface area contributed by atoms with Gasteiger partial charge in [-0.1, -0.05) is 60.3 Å². The van der Waals surface area contributed by atoms with Gasteiger partial charge >= 0.3 is 12.1 Å². The number of rotatable bonds is 16. The van der Waals surface area contributed by atoms with Gasteiger partial charge in [-0.2, -0.15) is 0 Å². The van der Waals surface area contributed by atoms with Gasteiger partial charge in [0.05, 0.1) is 0 Å². The number of nitrogens with zero attached hydrogens (tertiary/aromatic N) is 3. The highest BCUT2D eigenvalue weighted by Crippen LogP contribution is 2.30. The second kappa shape index (κ2) is 17.8. The van der Waals surface area contributed by atoms with Gasteiger partial charge in [-0.05, 0) is 58.3 Å². The number of aliphatic hydroxyl groups excluding tert-OH is 1. The summed E-state index contributed by atoms with van der Waals surface area (Å²) in [5.74, 6) is -3.19. The molecular formula is C33H56N4O7S. The number of hydrogen-bond acceptors (Lipinski definition) is 8. The number of ether oxygens (including phenoxy) is 1. The van der Waals surface area contributed by atoms with Gasteiger partial charge in [0.2, 0.25) is 11.8 Å². The van der Waals surface area contributed by atoms with Gasteiger partial charge < -0.3 is 25.2 Å². The van der Waals surface area contributed by atoms with Crippen LogP contribution in [0.1, 0.15) is 135 Å². The molecule has 0 aliphatic carbocycles. The lowest BCUT2D eigenvalue weighted by atomic mass is 9.87. The van der Waals surface area contributed by atoms with Gasteiger partial charge in [0, 0.05) is 30.9 Å². The molecule has 0 radical (unpaired) electrons. The summed E-state index contributed by atoms with van der Waals surface area (Å²) in [6, 6.07) is -0.418. The smallest absolute Gasteiger partial charge is 0.411 e. The van der Waals surface area contributed by atoms with Gasteiger partial charge in [-0.15, -0.1) is 11.3 Å². The summed E-state index contributed by atoms with van der Waals surface area (Å²) in [7, 11) is 0. The SMILES string of the molecule is CCCCCCN(C(=O)[C@H](C(=O)N[C@H]1CCCCN1C(=O)OC(C)(C)C)[C@@H](C)CC)[C@H](C[C@@H](O)c1nc(C(=O)O)cs1)C(C)C. The summed E-state index contributed by atoms with van der Waals surface area (Å²) in [5.41, 5.74) is -0.805. The maximum absolute atomic E-state index is 14.5. The maximum atomic E-state index is 14.5. The van der Waals surface area contributed by atoms with Gasteiger partial charge in [0.1, 0.15) is 28.8 Å². The zero-order chi connectivity index (χ0) is 33.9. The van der Waals surface area contributed by atoms with Crippen molar-refractivity contribution in [2.45, 2.75) is 137 Å². The number of aromatic nitrogens is 1. The van der Waals surface area contributed by atoms with Crippen LogP contribution in [0, 0.1) is 17.8 Å². The van der Waals surface area contributed by atoms with Gasteiger partial charge in [-0.3, -0.25) is 14.5 Å². The highest BCUT2D eigenvalue weighted by atomic mass is 32.1. The maximum Gasteiger partial charge on any atom is 0.411 e. The van der Waals surface area contributed by atoms with Crippen LogP contribution in [0.4, 0.5) is 4.79 Å². The van der Waals surface area contributed by atoms with Crippen LogP contribution in [-0.2, 0) is 14.3 Å². The van der Waals surface area contributed by atoms with E-state index in [0.29, 0.717) is 25.9 Å². The van der Waals surface area contributed by atoms with Crippen LogP contribution in [0.3, 0.4) is 0 Å². The van der Waals surface area contributed by atoms with E-state index >= 15 is 0 Å². The molecule has 0 aromatic carbocycles. The molecule has 3 N–H and O–H groups in total. The highest BCUT2D eigenvalue weighted by molar-refractivity contribution is 7.09. The summed E-state index contributed by atoms with van der Waals surface area (Å²) in [6.07, 6.45) is 4.57. The number of likely N-dealkylation sites (tertiary alicyclic amines) is 1. The van der Waals surface area contributed by atoms with Crippen molar-refractivity contribution in [3.05, 3.63) is 16.1 Å². The molecule has 1 aromatic rings. The molecule has 0 unspecified atom stereocenters. The first-order valence-electron chi connectivity index (χ1n) is 16.6. The van der Waals surface area contributed by atoms with Crippen LogP contribution in [0.2, 0.25) is 0 Å². The van der Waals surface area contributed by atoms with E-state index in [2.05, 4.69) is 17.2 Å². The molecule has 256 valence electrons. The minimum Gasteiger partial charge on any atom is -0.476 e. The fraction of sp³-hybridized carbons (Fsp3) is 0.788. The number of carbonyl (C=O) groups excluding carboxylic acids is 3. The van der Waals surface area contributed by atoms with Crippen LogP contribution in [0.5, 0.6) is 0 Å². The molecular weight excluding hydrogens is 596 g/mol. The molecule has 1 aromatic heterocycles. The molecule has 3 amide bonds. The molecule has 0 bridgehead atoms. The predicted molar refractivity (Wildman–Crippen MR) is 175 cm³/mol. The fourth-order valence-electron chi connectivity index (χ4n) is 5.68. The molecule has 11 nitrogen and oxygen atoms in total. The summed E-state index contributed by atoms with van der Waals surface area (Å²) in [6.45, 7) is 16.2. The molecule has 1 saturated heterocycles. The molecule has 45 heavy (non-hydrogen) atoms. The van der Waals surface area contributed by atoms with Gasteiger partial charge in [-0.25, -0.2) is 14.6 Å². The van der Waals surface area contributed by atoms with E-state index in [1.165, 1.54) is 5.38 Å². The minimum atomic E-state index is -1.16. The molecule has 1 fully saturated rings. The van der Waals surface area contributed by atoms with E-state index in [1.54, 1.807) is 30.6 Å². The number of nitrogens with one attached hydrogen (secondary N) is 1. The Morgan fingerprint density at radius 3 is 2.38 bits per heavy atom. The Hall–Kier alpha value is -2.73. The number of carboxylic acid groups (broad SMARTS) is 1. The zero-order valence-electron chi connectivity index (χ0n) is 28.5. The first kappa shape index (κ1) is 38.5. The summed E-state index contributed by atoms with van der Waals surface area (Å²) in [5, 5.41) is 25.2. The summed E-state index contributed by atoms with van der Waals surface area (Å²) < 4.78 is 5.61. The number of unbranched alkanes of at least 4 members (excludes halogenated alkanes) is 3. The van der Waals surface area contributed by atoms with Gasteiger partial charge in [0.25, 0.3) is 0 Å². The number of amides is 3. The van der Waals surface area contributed by atoms with E-state index in [1.807, 2.05) is 27.7 Å². The first-order chi connectivity index (χ1) is 21.1. The van der Waals surface area contributed by atoms with Crippen molar-refractivity contribution in [1.29, 1.82) is 0 Å². The number of thiazole rings is 1. The molecule has 2 heterocycles. The highest BCUT2D eigenvalue weighted by Gasteiger charge is 2.41. The first-order valence-corrected chi connectivity index (χ1v) is 17.5. The molecule has 1 aliphatic rings. The Morgan fingerprint density at radius 2 is 1.82 bits per heavy atom. The van der Waals surface area contributed by atoms with Crippen LogP contribution in [0.25, 0.3) is 0 Å². The largest absolute Gasteiger partial charge is 0.476 e. The number of aromatic carboxylic acids is 1. The van der Waals surface area contributed by atoms with Crippen molar-refractivity contribution in [3.63, 3.8) is 0 Å². The Labute approximate surface area is 273 Å². The average Bonchev–Trinajstić information content (AvgIpc) is 3.46. The Morgan fingerprint density at radius 1 is 1.13 bits per heavy atom. The van der Waals surface area contributed by atoms with E-state index < -0.39 is 47.8 Å². The molecule has 1 aliphatic heterocycles. The zero-order valence-corrected chi connectivity index (χ0v) is 29.3. The van der Waals surface area contributed by atoms with Crippen LogP contribution >= 0.6 is 11.3 Å². The lowest BCUT2D eigenvalue weighted by molar-refractivity contribution is -0.148. The third-order valence-corrected chi connectivity index (χ3v) is 9.34. The average molecular weight is 653 g/mol. The number of carbonyl (C=O) groups is 4. The topological polar surface area (TPSA) is 149 Å². The van der Waals surface area contributed by atoms with Crippen molar-refractivity contribution < 1.29 is 34.1 Å². The van der Waals surface area contributed by atoms with Crippen molar-refractivity contribution in [1.82, 2.24) is 20.1 Å². The number of carboxylic acids is 1. The van der Waals surface area contributed by atoms with E-state index in [9.17, 15) is 29.4 Å². The minimum absolute atomic E-state index is 0.0599. The molecule has 5 atom stereocenters. The molecule has 0 spiro atoms. The van der Waals surface area contributed by atoms with Crippen molar-refractivity contribution in [3.8, 4) is 0 Å². The number of hydrogen-bond donors (Lipinski definition) is 3. The molecule has 2 rings (SSSR count). The van der Waals surface area contributed by atoms with E-state index in [4.69, 9.17) is 4.74 Å². The number of aliphatic hydroxyl groups is 1. The third kappa shape index (κ3) is 11.5. The van der Waals surface area contributed by atoms with Gasteiger partial charge in [0.15, 0.2) is 5.69 Å². The van der Waals surface area contributed by atoms with E-state index in [0.717, 1.165) is 49.9 Å². The lowest BCUT2D eigenvalue weighted by Gasteiger charge is -2.40. The molecule has 0 saturated carbocycles. The third-order valence-electron chi connectivity index (χ3n) is 8.40. The number of piperidine rings is 1. The fourth-order valence-corrected chi connectivity index (χ4v) is 6.47. The second-order valence-electron chi connectivity index (χ2n) is 13.6. The van der Waals surface area contributed by atoms with E-state index in [-0.39, 0.29) is 34.9 Å². The lowest BCUT2D eigenvalue weighted by Crippen LogP contribution is -2.58. The van der Waals surface area contributed by atoms with Crippen molar-refractivity contribution >= 4 is 35.2 Å². The monoisotopic (exact) mass is 652 g/mol. The Bertz CT molecular complexity index is 1120. The quantitative estimate of drug-likeness (QED) is 0.141. The Balaban J connectivity index is 2.38. The van der Waals surface area contributed by atoms with Crippen molar-refractivity contribution in [2.75, 3.05) is 13.1 Å². The van der Waals surface area contributed by atoms with Crippen LogP contribution in [0.15, 0.2) is 5.38 Å². The van der Waals surface area contributed by atoms with Crippen molar-refractivity contribution in [2.24, 2.45) is 17.8 Å². The summed E-state index contributed by atoms with van der Waals surface area (Å²) in [4.78, 5) is 60.4. The normalized spacial score (nSPS) is 18.2. The second-order valence-corrected chi connectivity index (χ2v) is 14.5. The van der Waals surface area contributed by atoms with Crippen LogP contribution < -0.4 is 5.32 Å².